The summed E-state index contributed by atoms with van der Waals surface area (Å²) in [4.78, 5) is 12.8. The number of para-hydroxylation sites is 1. The summed E-state index contributed by atoms with van der Waals surface area (Å²) >= 11 is 0. The van der Waals surface area contributed by atoms with E-state index in [2.05, 4.69) is 5.32 Å². The summed E-state index contributed by atoms with van der Waals surface area (Å²) in [6.45, 7) is 2.03. The molecular formula is C23H30N2O3S. The number of hydrogen-bond acceptors (Lipinski definition) is 3. The van der Waals surface area contributed by atoms with Crippen molar-refractivity contribution < 1.29 is 13.2 Å². The third-order valence-corrected chi connectivity index (χ3v) is 7.26. The standard InChI is InChI=1S/C23H30N2O3S/c1-19-13-15-22(16-14-19)29(27,28)25(21-11-7-4-8-12-21)18-17-23(26)24-20-9-5-2-3-6-10-20/h4,7-8,11-16,20H,2-3,5-6,9-10,17-18H2,1H3,(H,24,26). The monoisotopic (exact) mass is 414 g/mol. The van der Waals surface area contributed by atoms with E-state index in [1.165, 1.54) is 17.1 Å². The normalized spacial score (nSPS) is 15.5. The highest BCUT2D eigenvalue weighted by Crippen LogP contribution is 2.24. The minimum Gasteiger partial charge on any atom is -0.353 e. The number of hydrogen-bond donors (Lipinski definition) is 1. The van der Waals surface area contributed by atoms with Crippen molar-refractivity contribution in [1.29, 1.82) is 0 Å². The van der Waals surface area contributed by atoms with E-state index in [-0.39, 0.29) is 29.8 Å². The van der Waals surface area contributed by atoms with Gasteiger partial charge in [-0.25, -0.2) is 8.42 Å². The molecule has 0 atom stereocenters. The summed E-state index contributed by atoms with van der Waals surface area (Å²) in [6.07, 6.45) is 6.89. The maximum atomic E-state index is 13.3. The van der Waals surface area contributed by atoms with Crippen LogP contribution in [0.5, 0.6) is 0 Å². The van der Waals surface area contributed by atoms with Crippen molar-refractivity contribution in [2.75, 3.05) is 10.8 Å². The van der Waals surface area contributed by atoms with Crippen LogP contribution in [0.4, 0.5) is 5.69 Å². The number of benzene rings is 2. The Morgan fingerprint density at radius 2 is 1.59 bits per heavy atom. The van der Waals surface area contributed by atoms with Crippen molar-refractivity contribution in [3.8, 4) is 0 Å². The second-order valence-electron chi connectivity index (χ2n) is 7.73. The van der Waals surface area contributed by atoms with Crippen LogP contribution in [-0.2, 0) is 14.8 Å². The van der Waals surface area contributed by atoms with Crippen molar-refractivity contribution in [2.24, 2.45) is 0 Å². The lowest BCUT2D eigenvalue weighted by molar-refractivity contribution is -0.121. The lowest BCUT2D eigenvalue weighted by atomic mass is 10.1. The molecule has 0 heterocycles. The fourth-order valence-electron chi connectivity index (χ4n) is 3.75. The second-order valence-corrected chi connectivity index (χ2v) is 9.59. The van der Waals surface area contributed by atoms with Crippen molar-refractivity contribution in [1.82, 2.24) is 5.32 Å². The van der Waals surface area contributed by atoms with Crippen LogP contribution < -0.4 is 9.62 Å². The Morgan fingerprint density at radius 1 is 0.966 bits per heavy atom. The molecule has 1 fully saturated rings. The molecule has 0 saturated heterocycles. The molecule has 156 valence electrons. The highest BCUT2D eigenvalue weighted by atomic mass is 32.2. The zero-order valence-corrected chi connectivity index (χ0v) is 17.8. The predicted molar refractivity (Wildman–Crippen MR) is 116 cm³/mol. The Bertz CT molecular complexity index is 887. The Hall–Kier alpha value is -2.34. The predicted octanol–water partition coefficient (Wildman–Crippen LogP) is 4.42. The van der Waals surface area contributed by atoms with Crippen LogP contribution in [0.1, 0.15) is 50.5 Å². The summed E-state index contributed by atoms with van der Waals surface area (Å²) in [6, 6.07) is 16.0. The summed E-state index contributed by atoms with van der Waals surface area (Å²) in [5.41, 5.74) is 1.56. The molecule has 6 heteroatoms. The quantitative estimate of drug-likeness (QED) is 0.682. The highest BCUT2D eigenvalue weighted by Gasteiger charge is 2.26. The molecule has 1 amide bonds. The van der Waals surface area contributed by atoms with E-state index in [0.29, 0.717) is 5.69 Å². The van der Waals surface area contributed by atoms with Gasteiger partial charge < -0.3 is 5.32 Å². The van der Waals surface area contributed by atoms with Gasteiger partial charge >= 0.3 is 0 Å². The number of anilines is 1. The fourth-order valence-corrected chi connectivity index (χ4v) is 5.21. The van der Waals surface area contributed by atoms with Gasteiger partial charge in [0.15, 0.2) is 0 Å². The van der Waals surface area contributed by atoms with E-state index >= 15 is 0 Å². The van der Waals surface area contributed by atoms with Crippen LogP contribution in [0, 0.1) is 6.92 Å². The van der Waals surface area contributed by atoms with E-state index in [9.17, 15) is 13.2 Å². The maximum Gasteiger partial charge on any atom is 0.264 e. The number of rotatable bonds is 7. The molecule has 1 aliphatic rings. The van der Waals surface area contributed by atoms with Crippen molar-refractivity contribution in [3.05, 3.63) is 60.2 Å². The molecule has 29 heavy (non-hydrogen) atoms. The van der Waals surface area contributed by atoms with Crippen LogP contribution in [0.15, 0.2) is 59.5 Å². The maximum absolute atomic E-state index is 13.3. The Kier molecular flexibility index (Phi) is 7.31. The number of nitrogens with one attached hydrogen (secondary N) is 1. The molecule has 0 aliphatic heterocycles. The number of carbonyl (C=O) groups is 1. The smallest absolute Gasteiger partial charge is 0.264 e. The lowest BCUT2D eigenvalue weighted by Crippen LogP contribution is -2.38. The Balaban J connectivity index is 1.74. The number of sulfonamides is 1. The second kappa shape index (κ2) is 9.92. The first-order valence-corrected chi connectivity index (χ1v) is 11.8. The topological polar surface area (TPSA) is 66.5 Å². The van der Waals surface area contributed by atoms with E-state index in [1.54, 1.807) is 48.5 Å². The average Bonchev–Trinajstić information content (AvgIpc) is 2.98. The van der Waals surface area contributed by atoms with Crippen LogP contribution in [0.2, 0.25) is 0 Å². The van der Waals surface area contributed by atoms with Gasteiger partial charge in [0.2, 0.25) is 5.91 Å². The highest BCUT2D eigenvalue weighted by molar-refractivity contribution is 7.92. The SMILES string of the molecule is Cc1ccc(S(=O)(=O)N(CCC(=O)NC2CCCCCC2)c2ccccc2)cc1. The zero-order chi connectivity index (χ0) is 20.7. The molecule has 2 aromatic rings. The Labute approximate surface area is 174 Å². The number of amides is 1. The number of carbonyl (C=O) groups excluding carboxylic acids is 1. The first-order chi connectivity index (χ1) is 14.0. The van der Waals surface area contributed by atoms with Gasteiger partial charge in [0.1, 0.15) is 0 Å². The van der Waals surface area contributed by atoms with E-state index in [4.69, 9.17) is 0 Å². The molecule has 0 radical (unpaired) electrons. The molecule has 1 N–H and O–H groups in total. The minimum absolute atomic E-state index is 0.0862. The summed E-state index contributed by atoms with van der Waals surface area (Å²) < 4.78 is 27.9. The number of nitrogens with zero attached hydrogens (tertiary/aromatic N) is 1. The van der Waals surface area contributed by atoms with Crippen molar-refractivity contribution in [3.63, 3.8) is 0 Å². The van der Waals surface area contributed by atoms with Crippen molar-refractivity contribution >= 4 is 21.6 Å². The van der Waals surface area contributed by atoms with Gasteiger partial charge in [-0.15, -0.1) is 0 Å². The average molecular weight is 415 g/mol. The summed E-state index contributed by atoms with van der Waals surface area (Å²) in [7, 11) is -3.75. The molecular weight excluding hydrogens is 384 g/mol. The van der Waals surface area contributed by atoms with Gasteiger partial charge in [0.05, 0.1) is 10.6 Å². The molecule has 3 rings (SSSR count). The Morgan fingerprint density at radius 3 is 2.21 bits per heavy atom. The van der Waals surface area contributed by atoms with Gasteiger partial charge in [-0.3, -0.25) is 9.10 Å². The van der Waals surface area contributed by atoms with Gasteiger partial charge in [-0.2, -0.15) is 0 Å². The van der Waals surface area contributed by atoms with Gasteiger partial charge in [-0.1, -0.05) is 61.6 Å². The van der Waals surface area contributed by atoms with Crippen molar-refractivity contribution in [2.45, 2.75) is 62.8 Å². The largest absolute Gasteiger partial charge is 0.353 e. The number of aryl methyl sites for hydroxylation is 1. The fraction of sp³-hybridized carbons (Fsp3) is 0.435. The first-order valence-electron chi connectivity index (χ1n) is 10.4. The van der Waals surface area contributed by atoms with Crippen LogP contribution in [0.25, 0.3) is 0 Å². The first kappa shape index (κ1) is 21.4. The lowest BCUT2D eigenvalue weighted by Gasteiger charge is -2.25. The zero-order valence-electron chi connectivity index (χ0n) is 17.0. The van der Waals surface area contributed by atoms with E-state index in [1.807, 2.05) is 13.0 Å². The van der Waals surface area contributed by atoms with Gasteiger partial charge in [-0.05, 0) is 44.0 Å². The molecule has 0 spiro atoms. The molecule has 5 nitrogen and oxygen atoms in total. The van der Waals surface area contributed by atoms with Gasteiger partial charge in [0.25, 0.3) is 10.0 Å². The van der Waals surface area contributed by atoms with Crippen LogP contribution in [-0.4, -0.2) is 26.9 Å². The third kappa shape index (κ3) is 5.82. The molecule has 0 aromatic heterocycles. The molecule has 1 saturated carbocycles. The molecule has 2 aromatic carbocycles. The van der Waals surface area contributed by atoms with Crippen LogP contribution in [0.3, 0.4) is 0 Å². The molecule has 0 bridgehead atoms. The van der Waals surface area contributed by atoms with Gasteiger partial charge in [0, 0.05) is 19.0 Å². The minimum atomic E-state index is -3.75. The third-order valence-electron chi connectivity index (χ3n) is 5.42. The summed E-state index contributed by atoms with van der Waals surface area (Å²) in [5, 5.41) is 3.10. The van der Waals surface area contributed by atoms with E-state index < -0.39 is 10.0 Å². The van der Waals surface area contributed by atoms with Crippen LogP contribution >= 0.6 is 0 Å². The summed E-state index contributed by atoms with van der Waals surface area (Å²) in [5.74, 6) is -0.0862. The van der Waals surface area contributed by atoms with E-state index in [0.717, 1.165) is 31.2 Å². The molecule has 1 aliphatic carbocycles. The molecule has 0 unspecified atom stereocenters.